The Hall–Kier alpha value is -2.94. The lowest BCUT2D eigenvalue weighted by Gasteiger charge is -2.25. The molecule has 2 heterocycles. The third-order valence-corrected chi connectivity index (χ3v) is 5.21. The monoisotopic (exact) mass is 325 g/mol. The number of imidazole rings is 1. The molecule has 0 saturated heterocycles. The number of hydrogen-bond acceptors (Lipinski definition) is 2. The highest BCUT2D eigenvalue weighted by molar-refractivity contribution is 5.81. The summed E-state index contributed by atoms with van der Waals surface area (Å²) in [6.07, 6.45) is 7.84. The summed E-state index contributed by atoms with van der Waals surface area (Å²) in [5.74, 6) is 1.49. The Balaban J connectivity index is 1.67. The van der Waals surface area contributed by atoms with Crippen molar-refractivity contribution in [3.8, 4) is 22.5 Å². The van der Waals surface area contributed by atoms with E-state index in [-0.39, 0.29) is 0 Å². The second kappa shape index (κ2) is 5.85. The minimum Gasteiger partial charge on any atom is -0.283 e. The molecule has 0 radical (unpaired) electrons. The van der Waals surface area contributed by atoms with E-state index in [2.05, 4.69) is 57.9 Å². The normalized spacial score (nSPS) is 14.6. The van der Waals surface area contributed by atoms with Crippen molar-refractivity contribution in [3.63, 3.8) is 0 Å². The third kappa shape index (κ3) is 2.43. The van der Waals surface area contributed by atoms with Gasteiger partial charge in [-0.2, -0.15) is 0 Å². The second-order valence-electron chi connectivity index (χ2n) is 6.71. The lowest BCUT2D eigenvalue weighted by molar-refractivity contribution is 0.420. The zero-order valence-electron chi connectivity index (χ0n) is 14.0. The Kier molecular flexibility index (Phi) is 3.37. The van der Waals surface area contributed by atoms with Crippen LogP contribution in [0.25, 0.3) is 28.3 Å². The maximum atomic E-state index is 4.82. The Bertz CT molecular complexity index is 1010. The molecule has 2 aromatic heterocycles. The summed E-state index contributed by atoms with van der Waals surface area (Å²) < 4.78 is 2.07. The molecule has 1 fully saturated rings. The summed E-state index contributed by atoms with van der Waals surface area (Å²) in [6, 6.07) is 21.3. The van der Waals surface area contributed by atoms with Gasteiger partial charge < -0.3 is 0 Å². The molecule has 2 aromatic carbocycles. The lowest BCUT2D eigenvalue weighted by Crippen LogP contribution is -2.08. The molecule has 1 aliphatic carbocycles. The van der Waals surface area contributed by atoms with Crippen LogP contribution in [0.15, 0.2) is 73.1 Å². The Labute approximate surface area is 147 Å². The standard InChI is InChI=1S/C22H19N3/c1-2-6-19(7-3-1)21-20(24-22-23-14-5-15-25(21)22)18-12-10-17(11-13-18)16-8-4-9-16/h1-3,5-7,10-16H,4,8-9H2. The van der Waals surface area contributed by atoms with E-state index in [0.29, 0.717) is 0 Å². The molecule has 0 N–H and O–H groups in total. The van der Waals surface area contributed by atoms with Crippen LogP contribution in [0, 0.1) is 0 Å². The van der Waals surface area contributed by atoms with Gasteiger partial charge in [0.1, 0.15) is 0 Å². The van der Waals surface area contributed by atoms with Gasteiger partial charge >= 0.3 is 0 Å². The van der Waals surface area contributed by atoms with Crippen molar-refractivity contribution in [1.82, 2.24) is 14.4 Å². The zero-order valence-corrected chi connectivity index (χ0v) is 14.0. The predicted octanol–water partition coefficient (Wildman–Crippen LogP) is 5.33. The van der Waals surface area contributed by atoms with Gasteiger partial charge in [-0.1, -0.05) is 61.0 Å². The number of aromatic nitrogens is 3. The molecule has 122 valence electrons. The van der Waals surface area contributed by atoms with Crippen molar-refractivity contribution >= 4 is 5.78 Å². The van der Waals surface area contributed by atoms with Gasteiger partial charge in [-0.15, -0.1) is 0 Å². The van der Waals surface area contributed by atoms with E-state index >= 15 is 0 Å². The molecule has 4 aromatic rings. The first-order valence-electron chi connectivity index (χ1n) is 8.89. The van der Waals surface area contributed by atoms with Gasteiger partial charge in [0.05, 0.1) is 11.4 Å². The lowest BCUT2D eigenvalue weighted by atomic mass is 9.80. The Morgan fingerprint density at radius 1 is 0.840 bits per heavy atom. The first kappa shape index (κ1) is 14.4. The molecule has 1 saturated carbocycles. The molecular formula is C22H19N3. The minimum absolute atomic E-state index is 0.736. The van der Waals surface area contributed by atoms with E-state index in [1.165, 1.54) is 24.8 Å². The van der Waals surface area contributed by atoms with Gasteiger partial charge in [0.15, 0.2) is 0 Å². The maximum absolute atomic E-state index is 4.82. The zero-order chi connectivity index (χ0) is 16.6. The van der Waals surface area contributed by atoms with Crippen LogP contribution >= 0.6 is 0 Å². The molecule has 1 aliphatic rings. The Morgan fingerprint density at radius 3 is 2.36 bits per heavy atom. The molecular weight excluding hydrogens is 306 g/mol. The fraction of sp³-hybridized carbons (Fsp3) is 0.182. The molecule has 0 atom stereocenters. The second-order valence-corrected chi connectivity index (χ2v) is 6.71. The molecule has 0 unspecified atom stereocenters. The van der Waals surface area contributed by atoms with E-state index < -0.39 is 0 Å². The van der Waals surface area contributed by atoms with E-state index in [4.69, 9.17) is 4.98 Å². The molecule has 3 nitrogen and oxygen atoms in total. The van der Waals surface area contributed by atoms with E-state index in [0.717, 1.165) is 34.2 Å². The molecule has 0 amide bonds. The summed E-state index contributed by atoms with van der Waals surface area (Å²) in [5.41, 5.74) is 5.84. The Morgan fingerprint density at radius 2 is 1.64 bits per heavy atom. The summed E-state index contributed by atoms with van der Waals surface area (Å²) in [5, 5.41) is 0. The quantitative estimate of drug-likeness (QED) is 0.509. The van der Waals surface area contributed by atoms with Crippen molar-refractivity contribution in [2.45, 2.75) is 25.2 Å². The highest BCUT2D eigenvalue weighted by Crippen LogP contribution is 2.38. The minimum atomic E-state index is 0.736. The maximum Gasteiger partial charge on any atom is 0.234 e. The summed E-state index contributed by atoms with van der Waals surface area (Å²) in [4.78, 5) is 9.25. The number of rotatable bonds is 3. The first-order chi connectivity index (χ1) is 12.4. The van der Waals surface area contributed by atoms with Gasteiger partial charge in [0.25, 0.3) is 0 Å². The smallest absolute Gasteiger partial charge is 0.234 e. The number of fused-ring (bicyclic) bond motifs is 1. The van der Waals surface area contributed by atoms with Crippen molar-refractivity contribution in [1.29, 1.82) is 0 Å². The molecule has 3 heteroatoms. The van der Waals surface area contributed by atoms with Gasteiger partial charge in [0.2, 0.25) is 5.78 Å². The SMILES string of the molecule is c1ccc(-c2c(-c3ccc(C4CCC4)cc3)nc3ncccn23)cc1. The van der Waals surface area contributed by atoms with Gasteiger partial charge in [-0.05, 0) is 30.4 Å². The fourth-order valence-corrected chi connectivity index (χ4v) is 3.62. The van der Waals surface area contributed by atoms with E-state index in [1.807, 2.05) is 18.3 Å². The molecule has 0 aliphatic heterocycles. The highest BCUT2D eigenvalue weighted by Gasteiger charge is 2.20. The van der Waals surface area contributed by atoms with Gasteiger partial charge in [-0.3, -0.25) is 4.40 Å². The predicted molar refractivity (Wildman–Crippen MR) is 100 cm³/mol. The number of hydrogen-bond donors (Lipinski definition) is 0. The van der Waals surface area contributed by atoms with Crippen LogP contribution in [-0.4, -0.2) is 14.4 Å². The molecule has 0 spiro atoms. The number of nitrogens with zero attached hydrogens (tertiary/aromatic N) is 3. The van der Waals surface area contributed by atoms with Crippen molar-refractivity contribution in [2.24, 2.45) is 0 Å². The first-order valence-corrected chi connectivity index (χ1v) is 8.89. The van der Waals surface area contributed by atoms with Crippen molar-refractivity contribution < 1.29 is 0 Å². The van der Waals surface area contributed by atoms with Crippen LogP contribution in [-0.2, 0) is 0 Å². The fourth-order valence-electron chi connectivity index (χ4n) is 3.62. The molecule has 0 bridgehead atoms. The van der Waals surface area contributed by atoms with Crippen LogP contribution in [0.4, 0.5) is 0 Å². The van der Waals surface area contributed by atoms with Crippen LogP contribution in [0.3, 0.4) is 0 Å². The summed E-state index contributed by atoms with van der Waals surface area (Å²) in [6.45, 7) is 0. The highest BCUT2D eigenvalue weighted by atomic mass is 15.1. The topological polar surface area (TPSA) is 30.2 Å². The van der Waals surface area contributed by atoms with Crippen LogP contribution in [0.5, 0.6) is 0 Å². The largest absolute Gasteiger partial charge is 0.283 e. The van der Waals surface area contributed by atoms with E-state index in [1.54, 1.807) is 6.20 Å². The van der Waals surface area contributed by atoms with Crippen LogP contribution < -0.4 is 0 Å². The third-order valence-electron chi connectivity index (χ3n) is 5.21. The van der Waals surface area contributed by atoms with Crippen molar-refractivity contribution in [2.75, 3.05) is 0 Å². The summed E-state index contributed by atoms with van der Waals surface area (Å²) >= 11 is 0. The number of benzene rings is 2. The van der Waals surface area contributed by atoms with Crippen molar-refractivity contribution in [3.05, 3.63) is 78.6 Å². The van der Waals surface area contributed by atoms with Crippen LogP contribution in [0.1, 0.15) is 30.7 Å². The van der Waals surface area contributed by atoms with E-state index in [9.17, 15) is 0 Å². The van der Waals surface area contributed by atoms with Crippen LogP contribution in [0.2, 0.25) is 0 Å². The molecule has 5 rings (SSSR count). The van der Waals surface area contributed by atoms with Gasteiger partial charge in [-0.25, -0.2) is 9.97 Å². The summed E-state index contributed by atoms with van der Waals surface area (Å²) in [7, 11) is 0. The molecule has 25 heavy (non-hydrogen) atoms. The average Bonchev–Trinajstić information content (AvgIpc) is 3.01. The van der Waals surface area contributed by atoms with Gasteiger partial charge in [0, 0.05) is 23.5 Å². The average molecular weight is 325 g/mol.